The van der Waals surface area contributed by atoms with Gasteiger partial charge in [-0.05, 0) is 44.5 Å². The average Bonchev–Trinajstić information content (AvgIpc) is 3.64. The first-order valence-electron chi connectivity index (χ1n) is 13.7. The maximum Gasteiger partial charge on any atom is 0.252 e. The van der Waals surface area contributed by atoms with Gasteiger partial charge in [-0.25, -0.2) is 9.37 Å². The number of piperidine rings is 1. The number of carbonyl (C=O) groups is 2. The molecule has 8 heteroatoms. The van der Waals surface area contributed by atoms with E-state index in [2.05, 4.69) is 10.6 Å². The second-order valence-electron chi connectivity index (χ2n) is 10.3. The third-order valence-electron chi connectivity index (χ3n) is 7.58. The molecule has 1 fully saturated rings. The lowest BCUT2D eigenvalue weighted by Gasteiger charge is -2.31. The lowest BCUT2D eigenvalue weighted by Crippen LogP contribution is -2.56. The van der Waals surface area contributed by atoms with Gasteiger partial charge in [-0.15, -0.1) is 11.3 Å². The minimum absolute atomic E-state index is 0.171. The van der Waals surface area contributed by atoms with Crippen molar-refractivity contribution >= 4 is 23.0 Å². The summed E-state index contributed by atoms with van der Waals surface area (Å²) in [7, 11) is 0. The molecule has 6 rings (SSSR count). The van der Waals surface area contributed by atoms with Crippen LogP contribution in [0.3, 0.4) is 0 Å². The first-order valence-corrected chi connectivity index (χ1v) is 14.5. The van der Waals surface area contributed by atoms with Gasteiger partial charge in [0, 0.05) is 34.7 Å². The van der Waals surface area contributed by atoms with E-state index in [1.54, 1.807) is 30.3 Å². The van der Waals surface area contributed by atoms with Gasteiger partial charge in [0.15, 0.2) is 0 Å². The second-order valence-corrected chi connectivity index (χ2v) is 11.3. The predicted molar refractivity (Wildman–Crippen MR) is 155 cm³/mol. The van der Waals surface area contributed by atoms with E-state index in [0.717, 1.165) is 42.5 Å². The number of rotatable bonds is 7. The largest absolute Gasteiger partial charge is 0.493 e. The van der Waals surface area contributed by atoms with Crippen molar-refractivity contribution in [3.63, 3.8) is 0 Å². The van der Waals surface area contributed by atoms with Crippen LogP contribution < -0.4 is 15.4 Å². The van der Waals surface area contributed by atoms with E-state index in [0.29, 0.717) is 39.8 Å². The molecule has 0 spiro atoms. The fourth-order valence-electron chi connectivity index (χ4n) is 5.45. The van der Waals surface area contributed by atoms with E-state index in [9.17, 15) is 9.59 Å². The normalized spacial score (nSPS) is 17.1. The van der Waals surface area contributed by atoms with Crippen LogP contribution >= 0.6 is 11.3 Å². The molecule has 6 nitrogen and oxygen atoms in total. The zero-order chi connectivity index (χ0) is 27.6. The predicted octanol–water partition coefficient (Wildman–Crippen LogP) is 5.98. The Morgan fingerprint density at radius 1 is 1.07 bits per heavy atom. The third kappa shape index (κ3) is 5.17. The Labute approximate surface area is 236 Å². The van der Waals surface area contributed by atoms with E-state index in [4.69, 9.17) is 9.72 Å². The van der Waals surface area contributed by atoms with Crippen LogP contribution in [0.15, 0.2) is 66.7 Å². The van der Waals surface area contributed by atoms with E-state index in [-0.39, 0.29) is 23.4 Å². The first kappa shape index (κ1) is 26.3. The SMILES string of the molecule is Cc1ccc(-c2nc(C(=O)[C@@H](NC(=O)c3cccc4c3CCO4)C3CCCCN3)c(-c3ccccc3F)s2)cc1. The van der Waals surface area contributed by atoms with Crippen molar-refractivity contribution in [2.24, 2.45) is 0 Å². The van der Waals surface area contributed by atoms with E-state index < -0.39 is 11.9 Å². The van der Waals surface area contributed by atoms with E-state index in [1.165, 1.54) is 17.4 Å². The Kier molecular flexibility index (Phi) is 7.45. The minimum Gasteiger partial charge on any atom is -0.493 e. The van der Waals surface area contributed by atoms with E-state index in [1.807, 2.05) is 37.3 Å². The molecule has 2 N–H and O–H groups in total. The molecule has 0 bridgehead atoms. The summed E-state index contributed by atoms with van der Waals surface area (Å²) in [4.78, 5) is 33.3. The maximum absolute atomic E-state index is 15.1. The van der Waals surface area contributed by atoms with Crippen LogP contribution in [-0.4, -0.2) is 41.9 Å². The van der Waals surface area contributed by atoms with Crippen molar-refractivity contribution in [3.8, 4) is 26.8 Å². The Hall–Kier alpha value is -3.88. The molecule has 0 radical (unpaired) electrons. The zero-order valence-electron chi connectivity index (χ0n) is 22.2. The van der Waals surface area contributed by atoms with E-state index >= 15 is 4.39 Å². The summed E-state index contributed by atoms with van der Waals surface area (Å²) < 4.78 is 20.7. The van der Waals surface area contributed by atoms with Gasteiger partial charge in [0.05, 0.1) is 11.5 Å². The topological polar surface area (TPSA) is 80.3 Å². The van der Waals surface area contributed by atoms with Gasteiger partial charge >= 0.3 is 0 Å². The van der Waals surface area contributed by atoms with Crippen molar-refractivity contribution in [2.45, 2.75) is 44.7 Å². The smallest absolute Gasteiger partial charge is 0.252 e. The van der Waals surface area contributed by atoms with Crippen molar-refractivity contribution in [1.82, 2.24) is 15.6 Å². The van der Waals surface area contributed by atoms with Crippen molar-refractivity contribution in [3.05, 3.63) is 94.9 Å². The highest BCUT2D eigenvalue weighted by Gasteiger charge is 2.36. The van der Waals surface area contributed by atoms with Gasteiger partial charge in [-0.2, -0.15) is 0 Å². The Balaban J connectivity index is 1.41. The molecule has 2 aliphatic heterocycles. The number of carbonyl (C=O) groups excluding carboxylic acids is 2. The van der Waals surface area contributed by atoms with Gasteiger partial charge in [-0.3, -0.25) is 9.59 Å². The number of Topliss-reactive ketones (excluding diaryl/α,β-unsaturated/α-hetero) is 1. The van der Waals surface area contributed by atoms with Crippen LogP contribution in [0, 0.1) is 12.7 Å². The number of aromatic nitrogens is 1. The number of fused-ring (bicyclic) bond motifs is 1. The van der Waals surface area contributed by atoms with Gasteiger partial charge in [-0.1, -0.05) is 60.5 Å². The molecule has 3 heterocycles. The van der Waals surface area contributed by atoms with Crippen LogP contribution in [0.5, 0.6) is 5.75 Å². The fraction of sp³-hybridized carbons (Fsp3) is 0.281. The van der Waals surface area contributed by atoms with Crippen LogP contribution in [0.2, 0.25) is 0 Å². The maximum atomic E-state index is 15.1. The summed E-state index contributed by atoms with van der Waals surface area (Å²) in [6.45, 7) is 3.29. The monoisotopic (exact) mass is 555 g/mol. The molecule has 3 aromatic carbocycles. The molecule has 2 atom stereocenters. The fourth-order valence-corrected chi connectivity index (χ4v) is 6.55. The number of ether oxygens (including phenoxy) is 1. The standard InChI is InChI=1S/C32H30FN3O3S/c1-19-12-14-20(15-13-19)32-36-28(30(40-32)23-7-2-3-9-24(23)33)29(37)27(25-10-4-5-17-34-25)35-31(38)22-8-6-11-26-21(22)16-18-39-26/h2-3,6-9,11-15,25,27,34H,4-5,10,16-18H2,1H3,(H,35,38)/t25?,27-/m0/s1. The second kappa shape index (κ2) is 11.3. The van der Waals surface area contributed by atoms with Crippen LogP contribution in [-0.2, 0) is 6.42 Å². The molecule has 204 valence electrons. The number of hydrogen-bond donors (Lipinski definition) is 2. The molecule has 2 aliphatic rings. The third-order valence-corrected chi connectivity index (χ3v) is 8.72. The highest BCUT2D eigenvalue weighted by atomic mass is 32.1. The van der Waals surface area contributed by atoms with Gasteiger partial charge in [0.1, 0.15) is 28.3 Å². The highest BCUT2D eigenvalue weighted by molar-refractivity contribution is 7.18. The molecule has 1 aromatic heterocycles. The van der Waals surface area contributed by atoms with Crippen LogP contribution in [0.1, 0.15) is 51.2 Å². The number of halogens is 1. The Morgan fingerprint density at radius 3 is 2.67 bits per heavy atom. The van der Waals surface area contributed by atoms with Crippen LogP contribution in [0.25, 0.3) is 21.0 Å². The van der Waals surface area contributed by atoms with Gasteiger partial charge in [0.25, 0.3) is 5.91 Å². The quantitative estimate of drug-likeness (QED) is 0.274. The van der Waals surface area contributed by atoms with Crippen molar-refractivity contribution < 1.29 is 18.7 Å². The summed E-state index contributed by atoms with van der Waals surface area (Å²) in [5, 5.41) is 7.11. The molecule has 40 heavy (non-hydrogen) atoms. The number of benzene rings is 3. The minimum atomic E-state index is -0.871. The number of amides is 1. The molecule has 1 unspecified atom stereocenters. The molecule has 1 saturated heterocycles. The Bertz CT molecular complexity index is 1560. The van der Waals surface area contributed by atoms with Crippen molar-refractivity contribution in [1.29, 1.82) is 0 Å². The summed E-state index contributed by atoms with van der Waals surface area (Å²) in [5.41, 5.74) is 3.81. The average molecular weight is 556 g/mol. The highest BCUT2D eigenvalue weighted by Crippen LogP contribution is 2.38. The van der Waals surface area contributed by atoms with Crippen LogP contribution in [0.4, 0.5) is 4.39 Å². The van der Waals surface area contributed by atoms with Gasteiger partial charge < -0.3 is 15.4 Å². The summed E-state index contributed by atoms with van der Waals surface area (Å²) in [5.74, 6) is -0.374. The number of thiazole rings is 1. The lowest BCUT2D eigenvalue weighted by molar-refractivity contribution is 0.0823. The molecule has 4 aromatic rings. The lowest BCUT2D eigenvalue weighted by atomic mass is 9.92. The number of hydrogen-bond acceptors (Lipinski definition) is 6. The molecule has 0 saturated carbocycles. The Morgan fingerprint density at radius 2 is 1.90 bits per heavy atom. The summed E-state index contributed by atoms with van der Waals surface area (Å²) >= 11 is 1.29. The summed E-state index contributed by atoms with van der Waals surface area (Å²) in [6.07, 6.45) is 3.32. The number of nitrogens with one attached hydrogen (secondary N) is 2. The zero-order valence-corrected chi connectivity index (χ0v) is 23.0. The molecule has 1 amide bonds. The number of nitrogens with zero attached hydrogens (tertiary/aromatic N) is 1. The molecular weight excluding hydrogens is 525 g/mol. The summed E-state index contributed by atoms with van der Waals surface area (Å²) in [6, 6.07) is 18.6. The first-order chi connectivity index (χ1) is 19.5. The number of aryl methyl sites for hydroxylation is 1. The number of ketones is 1. The van der Waals surface area contributed by atoms with Crippen molar-refractivity contribution in [2.75, 3.05) is 13.2 Å². The molecular formula is C32H30FN3O3S. The molecule has 0 aliphatic carbocycles. The van der Waals surface area contributed by atoms with Gasteiger partial charge in [0.2, 0.25) is 5.78 Å².